The van der Waals surface area contributed by atoms with Gasteiger partial charge in [0, 0.05) is 23.6 Å². The summed E-state index contributed by atoms with van der Waals surface area (Å²) < 4.78 is 12.1. The quantitative estimate of drug-likeness (QED) is 0.841. The zero-order valence-electron chi connectivity index (χ0n) is 14.0. The van der Waals surface area contributed by atoms with Gasteiger partial charge in [0.2, 0.25) is 0 Å². The fraction of sp³-hybridized carbons (Fsp3) is 0.632. The molecule has 0 N–H and O–H groups in total. The Hall–Kier alpha value is -1.57. The predicted molar refractivity (Wildman–Crippen MR) is 87.3 cm³/mol. The molecule has 1 aliphatic carbocycles. The first kappa shape index (κ1) is 15.0. The maximum Gasteiger partial charge on any atom is 0.124 e. The van der Waals surface area contributed by atoms with E-state index < -0.39 is 0 Å². The first-order valence-corrected chi connectivity index (χ1v) is 8.65. The maximum atomic E-state index is 9.05. The zero-order valence-corrected chi connectivity index (χ0v) is 14.0. The Morgan fingerprint density at radius 3 is 2.83 bits per heavy atom. The van der Waals surface area contributed by atoms with Crippen molar-refractivity contribution in [1.29, 1.82) is 5.26 Å². The van der Waals surface area contributed by atoms with Crippen LogP contribution in [0.5, 0.6) is 5.75 Å². The second-order valence-electron chi connectivity index (χ2n) is 7.39. The van der Waals surface area contributed by atoms with Crippen molar-refractivity contribution < 1.29 is 9.47 Å². The molecule has 0 amide bonds. The molecule has 0 bridgehead atoms. The van der Waals surface area contributed by atoms with Crippen LogP contribution in [0.2, 0.25) is 0 Å². The van der Waals surface area contributed by atoms with E-state index in [0.29, 0.717) is 24.6 Å². The molecule has 1 aromatic carbocycles. The number of nitriles is 1. The molecule has 0 radical (unpaired) electrons. The minimum atomic E-state index is 0.111. The molecule has 122 valence electrons. The topological polar surface area (TPSA) is 45.5 Å². The Labute approximate surface area is 138 Å². The third-order valence-electron chi connectivity index (χ3n) is 5.47. The normalized spacial score (nSPS) is 35.9. The van der Waals surface area contributed by atoms with E-state index in [-0.39, 0.29) is 18.1 Å². The van der Waals surface area contributed by atoms with Crippen LogP contribution in [0, 0.1) is 17.2 Å². The number of fused-ring (bicyclic) bond motifs is 3. The Kier molecular flexibility index (Phi) is 3.59. The van der Waals surface area contributed by atoms with E-state index >= 15 is 0 Å². The summed E-state index contributed by atoms with van der Waals surface area (Å²) in [7, 11) is 0. The summed E-state index contributed by atoms with van der Waals surface area (Å²) in [6.45, 7) is 8.13. The Morgan fingerprint density at radius 1 is 1.30 bits per heavy atom. The summed E-state index contributed by atoms with van der Waals surface area (Å²) in [6.07, 6.45) is 1.10. The monoisotopic (exact) mass is 312 g/mol. The highest BCUT2D eigenvalue weighted by molar-refractivity contribution is 5.45. The summed E-state index contributed by atoms with van der Waals surface area (Å²) in [5, 5.41) is 9.05. The van der Waals surface area contributed by atoms with Crippen molar-refractivity contribution in [2.24, 2.45) is 5.92 Å². The van der Waals surface area contributed by atoms with Gasteiger partial charge < -0.3 is 9.47 Å². The summed E-state index contributed by atoms with van der Waals surface area (Å²) in [4.78, 5) is 2.56. The molecule has 4 heteroatoms. The fourth-order valence-electron chi connectivity index (χ4n) is 4.27. The lowest BCUT2D eigenvalue weighted by atomic mass is 9.91. The van der Waals surface area contributed by atoms with Gasteiger partial charge in [0.1, 0.15) is 18.5 Å². The Morgan fingerprint density at radius 2 is 2.13 bits per heavy atom. The van der Waals surface area contributed by atoms with Crippen LogP contribution in [-0.2, 0) is 4.74 Å². The van der Waals surface area contributed by atoms with Crippen molar-refractivity contribution in [3.05, 3.63) is 29.3 Å². The first-order chi connectivity index (χ1) is 11.1. The number of morpholine rings is 1. The molecule has 0 spiro atoms. The standard InChI is InChI=1S/C19H24N2O2/c1-11(2)21-12(3)9-22-18-10-23-17-7-13(16-6-14(16)8-20)4-5-15(17)19(18)21/h4-5,7,11-12,14,16,18-19H,6,9-10H2,1-3H3. The van der Waals surface area contributed by atoms with E-state index in [1.54, 1.807) is 0 Å². The third-order valence-corrected chi connectivity index (χ3v) is 5.47. The van der Waals surface area contributed by atoms with Gasteiger partial charge in [0.25, 0.3) is 0 Å². The second-order valence-corrected chi connectivity index (χ2v) is 7.39. The molecule has 3 aliphatic rings. The molecule has 0 aromatic heterocycles. The largest absolute Gasteiger partial charge is 0.490 e. The van der Waals surface area contributed by atoms with Crippen molar-refractivity contribution in [2.45, 2.75) is 57.3 Å². The van der Waals surface area contributed by atoms with Gasteiger partial charge in [0.05, 0.1) is 24.6 Å². The minimum Gasteiger partial charge on any atom is -0.490 e. The Balaban J connectivity index is 1.68. The summed E-state index contributed by atoms with van der Waals surface area (Å²) in [5.41, 5.74) is 2.48. The molecule has 1 saturated heterocycles. The number of hydrogen-bond acceptors (Lipinski definition) is 4. The van der Waals surface area contributed by atoms with Gasteiger partial charge in [-0.1, -0.05) is 12.1 Å². The van der Waals surface area contributed by atoms with Crippen LogP contribution in [0.3, 0.4) is 0 Å². The van der Waals surface area contributed by atoms with E-state index in [9.17, 15) is 0 Å². The van der Waals surface area contributed by atoms with Gasteiger partial charge in [0.15, 0.2) is 0 Å². The number of nitrogens with zero attached hydrogens (tertiary/aromatic N) is 2. The average molecular weight is 312 g/mol. The highest BCUT2D eigenvalue weighted by atomic mass is 16.5. The smallest absolute Gasteiger partial charge is 0.124 e. The highest BCUT2D eigenvalue weighted by Crippen LogP contribution is 2.49. The van der Waals surface area contributed by atoms with E-state index in [2.05, 4.69) is 49.9 Å². The molecule has 2 fully saturated rings. The summed E-state index contributed by atoms with van der Waals surface area (Å²) in [6, 6.07) is 10.1. The van der Waals surface area contributed by atoms with Crippen molar-refractivity contribution >= 4 is 0 Å². The van der Waals surface area contributed by atoms with Gasteiger partial charge in [-0.15, -0.1) is 0 Å². The molecule has 5 unspecified atom stereocenters. The fourth-order valence-corrected chi connectivity index (χ4v) is 4.27. The lowest BCUT2D eigenvalue weighted by Gasteiger charge is -2.49. The minimum absolute atomic E-state index is 0.111. The Bertz CT molecular complexity index is 651. The number of ether oxygens (including phenoxy) is 2. The lowest BCUT2D eigenvalue weighted by Crippen LogP contribution is -2.56. The summed E-state index contributed by atoms with van der Waals surface area (Å²) >= 11 is 0. The highest BCUT2D eigenvalue weighted by Gasteiger charge is 2.44. The second kappa shape index (κ2) is 5.51. The summed E-state index contributed by atoms with van der Waals surface area (Å²) in [5.74, 6) is 1.57. The van der Waals surface area contributed by atoms with Gasteiger partial charge in [-0.2, -0.15) is 5.26 Å². The van der Waals surface area contributed by atoms with Crippen LogP contribution in [0.4, 0.5) is 0 Å². The van der Waals surface area contributed by atoms with Gasteiger partial charge >= 0.3 is 0 Å². The molecular formula is C19H24N2O2. The molecule has 2 aliphatic heterocycles. The third kappa shape index (κ3) is 2.43. The molecular weight excluding hydrogens is 288 g/mol. The SMILES string of the molecule is CC(C)N1C(C)COC2COc3cc(C4CC4C#N)ccc3C21. The molecule has 4 nitrogen and oxygen atoms in total. The number of hydrogen-bond donors (Lipinski definition) is 0. The first-order valence-electron chi connectivity index (χ1n) is 8.65. The van der Waals surface area contributed by atoms with Crippen LogP contribution < -0.4 is 4.74 Å². The molecule has 1 saturated carbocycles. The van der Waals surface area contributed by atoms with Crippen LogP contribution in [0.1, 0.15) is 50.3 Å². The van der Waals surface area contributed by atoms with Crippen LogP contribution >= 0.6 is 0 Å². The van der Waals surface area contributed by atoms with Gasteiger partial charge in [-0.25, -0.2) is 0 Å². The molecule has 2 heterocycles. The van der Waals surface area contributed by atoms with E-state index in [0.717, 1.165) is 18.8 Å². The number of benzene rings is 1. The molecule has 1 aromatic rings. The van der Waals surface area contributed by atoms with Crippen molar-refractivity contribution in [1.82, 2.24) is 4.90 Å². The van der Waals surface area contributed by atoms with E-state index in [4.69, 9.17) is 14.7 Å². The molecule has 23 heavy (non-hydrogen) atoms. The van der Waals surface area contributed by atoms with Crippen LogP contribution in [0.25, 0.3) is 0 Å². The van der Waals surface area contributed by atoms with Crippen molar-refractivity contribution in [3.63, 3.8) is 0 Å². The maximum absolute atomic E-state index is 9.05. The lowest BCUT2D eigenvalue weighted by molar-refractivity contribution is -0.133. The van der Waals surface area contributed by atoms with E-state index in [1.807, 2.05) is 0 Å². The van der Waals surface area contributed by atoms with Gasteiger partial charge in [-0.05, 0) is 38.8 Å². The van der Waals surface area contributed by atoms with E-state index in [1.165, 1.54) is 11.1 Å². The molecule has 5 atom stereocenters. The van der Waals surface area contributed by atoms with Crippen molar-refractivity contribution in [3.8, 4) is 11.8 Å². The van der Waals surface area contributed by atoms with Crippen LogP contribution in [0.15, 0.2) is 18.2 Å². The predicted octanol–water partition coefficient (Wildman–Crippen LogP) is 3.24. The number of rotatable bonds is 2. The average Bonchev–Trinajstić information content (AvgIpc) is 3.33. The van der Waals surface area contributed by atoms with Gasteiger partial charge in [-0.3, -0.25) is 4.90 Å². The zero-order chi connectivity index (χ0) is 16.1. The van der Waals surface area contributed by atoms with Crippen molar-refractivity contribution in [2.75, 3.05) is 13.2 Å². The van der Waals surface area contributed by atoms with Crippen LogP contribution in [-0.4, -0.2) is 36.3 Å². The molecule has 4 rings (SSSR count).